The monoisotopic (exact) mass is 339 g/mol. The Labute approximate surface area is 143 Å². The molecule has 1 aliphatic carbocycles. The van der Waals surface area contributed by atoms with Crippen molar-refractivity contribution >= 4 is 17.8 Å². The lowest BCUT2D eigenvalue weighted by molar-refractivity contribution is -0.140. The van der Waals surface area contributed by atoms with Gasteiger partial charge in [-0.05, 0) is 43.9 Å². The van der Waals surface area contributed by atoms with Crippen molar-refractivity contribution in [1.82, 2.24) is 15.7 Å². The number of amides is 4. The van der Waals surface area contributed by atoms with Crippen LogP contribution in [-0.4, -0.2) is 41.4 Å². The highest BCUT2D eigenvalue weighted by Gasteiger charge is 2.53. The van der Waals surface area contributed by atoms with Gasteiger partial charge >= 0.3 is 6.03 Å². The Morgan fingerprint density at radius 2 is 1.96 bits per heavy atom. The molecule has 136 valence electrons. The molecule has 4 amide bonds. The minimum atomic E-state index is -0.830. The van der Waals surface area contributed by atoms with E-state index in [0.29, 0.717) is 25.4 Å². The zero-order valence-corrected chi connectivity index (χ0v) is 15.1. The van der Waals surface area contributed by atoms with Crippen molar-refractivity contribution in [3.63, 3.8) is 0 Å². The molecule has 0 aromatic heterocycles. The van der Waals surface area contributed by atoms with E-state index < -0.39 is 17.5 Å². The Morgan fingerprint density at radius 1 is 1.33 bits per heavy atom. The number of urea groups is 1. The molecule has 24 heavy (non-hydrogen) atoms. The highest BCUT2D eigenvalue weighted by molar-refractivity contribution is 6.09. The van der Waals surface area contributed by atoms with Crippen LogP contribution in [0.1, 0.15) is 59.8 Å². The Bertz CT molecular complexity index is 510. The fourth-order valence-electron chi connectivity index (χ4n) is 3.67. The van der Waals surface area contributed by atoms with Crippen LogP contribution >= 0.6 is 0 Å². The molecule has 1 heterocycles. The molecule has 1 aliphatic heterocycles. The van der Waals surface area contributed by atoms with Crippen molar-refractivity contribution in [2.75, 3.05) is 13.2 Å². The molecule has 7 nitrogen and oxygen atoms in total. The maximum Gasteiger partial charge on any atom is 0.325 e. The number of carbonyl (C=O) groups is 3. The molecule has 0 radical (unpaired) electrons. The molecule has 0 bridgehead atoms. The molecule has 2 rings (SSSR count). The van der Waals surface area contributed by atoms with Crippen LogP contribution < -0.4 is 10.8 Å². The number of nitrogens with one attached hydrogen (secondary N) is 2. The Hall–Kier alpha value is -1.63. The van der Waals surface area contributed by atoms with E-state index in [2.05, 4.69) is 31.6 Å². The number of hydroxylamine groups is 1. The molecule has 2 aliphatic rings. The number of carbonyl (C=O) groups excluding carboxylic acids is 3. The van der Waals surface area contributed by atoms with Crippen LogP contribution in [0.3, 0.4) is 0 Å². The van der Waals surface area contributed by atoms with Crippen molar-refractivity contribution in [3.05, 3.63) is 0 Å². The normalized spacial score (nSPS) is 27.5. The van der Waals surface area contributed by atoms with E-state index in [1.807, 2.05) is 0 Å². The molecule has 1 spiro atoms. The summed E-state index contributed by atoms with van der Waals surface area (Å²) in [6.07, 6.45) is 4.18. The number of nitrogens with zero attached hydrogens (tertiary/aromatic N) is 1. The average Bonchev–Trinajstić information content (AvgIpc) is 2.77. The van der Waals surface area contributed by atoms with Crippen LogP contribution in [0.5, 0.6) is 0 Å². The molecule has 2 fully saturated rings. The van der Waals surface area contributed by atoms with Gasteiger partial charge < -0.3 is 5.32 Å². The summed E-state index contributed by atoms with van der Waals surface area (Å²) in [6.45, 7) is 8.45. The average molecular weight is 339 g/mol. The standard InChI is InChI=1S/C17H29N3O4/c1-5-16(3,4)12-7-9-17(10-8-12)14(22)20(15(23)18-17)11-13(21)19-24-6-2/h12H,5-11H2,1-4H3,(H,18,23)(H,19,21). The molecule has 1 saturated carbocycles. The van der Waals surface area contributed by atoms with Crippen molar-refractivity contribution in [1.29, 1.82) is 0 Å². The van der Waals surface area contributed by atoms with Crippen LogP contribution in [0.4, 0.5) is 4.79 Å². The first-order valence-electron chi connectivity index (χ1n) is 8.80. The van der Waals surface area contributed by atoms with Gasteiger partial charge in [0.2, 0.25) is 0 Å². The molecule has 0 unspecified atom stereocenters. The summed E-state index contributed by atoms with van der Waals surface area (Å²) in [4.78, 5) is 42.5. The molecule has 7 heteroatoms. The van der Waals surface area contributed by atoms with Gasteiger partial charge in [-0.15, -0.1) is 0 Å². The molecular weight excluding hydrogens is 310 g/mol. The summed E-state index contributed by atoms with van der Waals surface area (Å²) >= 11 is 0. The maximum atomic E-state index is 12.7. The van der Waals surface area contributed by atoms with Crippen LogP contribution in [-0.2, 0) is 14.4 Å². The van der Waals surface area contributed by atoms with Gasteiger partial charge in [-0.2, -0.15) is 0 Å². The third kappa shape index (κ3) is 3.55. The molecule has 0 atom stereocenters. The van der Waals surface area contributed by atoms with Gasteiger partial charge in [0.25, 0.3) is 11.8 Å². The molecule has 0 aromatic rings. The fraction of sp³-hybridized carbons (Fsp3) is 0.824. The van der Waals surface area contributed by atoms with Crippen LogP contribution in [0.2, 0.25) is 0 Å². The van der Waals surface area contributed by atoms with Crippen molar-refractivity contribution in [2.24, 2.45) is 11.3 Å². The lowest BCUT2D eigenvalue weighted by Crippen LogP contribution is -2.51. The lowest BCUT2D eigenvalue weighted by Gasteiger charge is -2.42. The van der Waals surface area contributed by atoms with Gasteiger partial charge in [-0.1, -0.05) is 27.2 Å². The summed E-state index contributed by atoms with van der Waals surface area (Å²) in [7, 11) is 0. The Balaban J connectivity index is 2.00. The summed E-state index contributed by atoms with van der Waals surface area (Å²) in [6, 6.07) is -0.486. The summed E-state index contributed by atoms with van der Waals surface area (Å²) < 4.78 is 0. The van der Waals surface area contributed by atoms with Crippen molar-refractivity contribution in [3.8, 4) is 0 Å². The van der Waals surface area contributed by atoms with Crippen LogP contribution in [0.25, 0.3) is 0 Å². The van der Waals surface area contributed by atoms with E-state index >= 15 is 0 Å². The van der Waals surface area contributed by atoms with E-state index in [9.17, 15) is 14.4 Å². The van der Waals surface area contributed by atoms with E-state index in [0.717, 1.165) is 24.2 Å². The summed E-state index contributed by atoms with van der Waals surface area (Å²) in [5, 5.41) is 2.84. The van der Waals surface area contributed by atoms with Gasteiger partial charge in [-0.25, -0.2) is 10.3 Å². The number of hydrogen-bond acceptors (Lipinski definition) is 4. The maximum absolute atomic E-state index is 12.7. The predicted molar refractivity (Wildman–Crippen MR) is 88.8 cm³/mol. The highest BCUT2D eigenvalue weighted by Crippen LogP contribution is 2.45. The van der Waals surface area contributed by atoms with Crippen LogP contribution in [0, 0.1) is 11.3 Å². The third-order valence-corrected chi connectivity index (χ3v) is 5.73. The van der Waals surface area contributed by atoms with E-state index in [-0.39, 0.29) is 17.9 Å². The van der Waals surface area contributed by atoms with Crippen molar-refractivity contribution < 1.29 is 19.2 Å². The van der Waals surface area contributed by atoms with Gasteiger partial charge in [0.1, 0.15) is 12.1 Å². The predicted octanol–water partition coefficient (Wildman–Crippen LogP) is 1.97. The Morgan fingerprint density at radius 3 is 2.50 bits per heavy atom. The summed E-state index contributed by atoms with van der Waals surface area (Å²) in [5.41, 5.74) is 1.62. The quantitative estimate of drug-likeness (QED) is 0.572. The zero-order valence-electron chi connectivity index (χ0n) is 15.1. The van der Waals surface area contributed by atoms with Gasteiger partial charge in [0.05, 0.1) is 6.61 Å². The second kappa shape index (κ2) is 7.09. The number of hydrogen-bond donors (Lipinski definition) is 2. The highest BCUT2D eigenvalue weighted by atomic mass is 16.6. The minimum absolute atomic E-state index is 0.240. The molecule has 1 saturated heterocycles. The topological polar surface area (TPSA) is 87.7 Å². The SMILES string of the molecule is CCONC(=O)CN1C(=O)NC2(CCC(C(C)(C)CC)CC2)C1=O. The third-order valence-electron chi connectivity index (χ3n) is 5.73. The summed E-state index contributed by atoms with van der Waals surface area (Å²) in [5.74, 6) is -0.238. The first-order valence-corrected chi connectivity index (χ1v) is 8.80. The first kappa shape index (κ1) is 18.7. The molecular formula is C17H29N3O4. The Kier molecular flexibility index (Phi) is 5.52. The first-order chi connectivity index (χ1) is 11.3. The smallest absolute Gasteiger partial charge is 0.323 e. The lowest BCUT2D eigenvalue weighted by atomic mass is 9.65. The number of imide groups is 1. The zero-order chi connectivity index (χ0) is 18.0. The number of rotatable bonds is 6. The minimum Gasteiger partial charge on any atom is -0.323 e. The van der Waals surface area contributed by atoms with Gasteiger partial charge in [0.15, 0.2) is 0 Å². The van der Waals surface area contributed by atoms with Crippen LogP contribution in [0.15, 0.2) is 0 Å². The van der Waals surface area contributed by atoms with Crippen molar-refractivity contribution in [2.45, 2.75) is 65.3 Å². The second-order valence-electron chi connectivity index (χ2n) is 7.48. The fourth-order valence-corrected chi connectivity index (χ4v) is 3.67. The second-order valence-corrected chi connectivity index (χ2v) is 7.48. The van der Waals surface area contributed by atoms with E-state index in [1.165, 1.54) is 0 Å². The molecule has 0 aromatic carbocycles. The molecule has 2 N–H and O–H groups in total. The van der Waals surface area contributed by atoms with Gasteiger partial charge in [0, 0.05) is 0 Å². The van der Waals surface area contributed by atoms with Gasteiger partial charge in [-0.3, -0.25) is 19.3 Å². The van der Waals surface area contributed by atoms with E-state index in [1.54, 1.807) is 6.92 Å². The van der Waals surface area contributed by atoms with E-state index in [4.69, 9.17) is 4.84 Å². The largest absolute Gasteiger partial charge is 0.325 e.